The number of carboxylic acid groups (broad SMARTS) is 1. The SMILES string of the molecule is CC(CO)(C(=O)O)c1ccc2[nH]c(=O)oc2c1. The second-order valence-corrected chi connectivity index (χ2v) is 4.02. The van der Waals surface area contributed by atoms with Crippen molar-refractivity contribution >= 4 is 17.1 Å². The third-order valence-corrected chi connectivity index (χ3v) is 2.85. The molecule has 0 aliphatic heterocycles. The maximum absolute atomic E-state index is 11.1. The fourth-order valence-electron chi connectivity index (χ4n) is 1.57. The minimum atomic E-state index is -1.41. The molecule has 0 spiro atoms. The number of fused-ring (bicyclic) bond motifs is 1. The molecule has 0 aliphatic carbocycles. The number of aliphatic carboxylic acids is 1. The van der Waals surface area contributed by atoms with Gasteiger partial charge in [0.2, 0.25) is 0 Å². The molecule has 1 aromatic carbocycles. The number of hydrogen-bond acceptors (Lipinski definition) is 4. The Bertz CT molecular complexity index is 626. The van der Waals surface area contributed by atoms with Crippen molar-refractivity contribution in [2.45, 2.75) is 12.3 Å². The van der Waals surface area contributed by atoms with Gasteiger partial charge in [0.25, 0.3) is 0 Å². The number of aliphatic hydroxyl groups excluding tert-OH is 1. The van der Waals surface area contributed by atoms with E-state index in [9.17, 15) is 14.7 Å². The Balaban J connectivity index is 2.62. The Morgan fingerprint density at radius 1 is 1.53 bits per heavy atom. The number of carbonyl (C=O) groups is 1. The molecule has 2 rings (SSSR count). The standard InChI is InChI=1S/C11H11NO5/c1-11(5-13,9(14)15)6-2-3-7-8(4-6)17-10(16)12-7/h2-4,13H,5H2,1H3,(H,12,16)(H,14,15). The molecule has 0 amide bonds. The van der Waals surface area contributed by atoms with Crippen molar-refractivity contribution in [2.75, 3.05) is 6.61 Å². The summed E-state index contributed by atoms with van der Waals surface area (Å²) in [6.45, 7) is 0.865. The molecule has 17 heavy (non-hydrogen) atoms. The number of hydrogen-bond donors (Lipinski definition) is 3. The fourth-order valence-corrected chi connectivity index (χ4v) is 1.57. The molecule has 6 nitrogen and oxygen atoms in total. The predicted octanol–water partition coefficient (Wildman–Crippen LogP) is 0.456. The van der Waals surface area contributed by atoms with Gasteiger partial charge in [0.05, 0.1) is 12.1 Å². The minimum absolute atomic E-state index is 0.272. The molecular formula is C11H11NO5. The van der Waals surface area contributed by atoms with E-state index in [4.69, 9.17) is 9.52 Å². The summed E-state index contributed by atoms with van der Waals surface area (Å²) in [6, 6.07) is 4.53. The van der Waals surface area contributed by atoms with Crippen LogP contribution in [0.25, 0.3) is 11.1 Å². The summed E-state index contributed by atoms with van der Waals surface area (Å²) in [4.78, 5) is 24.6. The van der Waals surface area contributed by atoms with Crippen LogP contribution in [0.4, 0.5) is 0 Å². The first-order chi connectivity index (χ1) is 7.97. The monoisotopic (exact) mass is 237 g/mol. The van der Waals surface area contributed by atoms with Crippen LogP contribution < -0.4 is 5.76 Å². The van der Waals surface area contributed by atoms with Crippen LogP contribution in [0.5, 0.6) is 0 Å². The molecule has 3 N–H and O–H groups in total. The van der Waals surface area contributed by atoms with Gasteiger partial charge in [-0.15, -0.1) is 0 Å². The summed E-state index contributed by atoms with van der Waals surface area (Å²) in [6.07, 6.45) is 0. The molecule has 90 valence electrons. The number of rotatable bonds is 3. The van der Waals surface area contributed by atoms with Gasteiger partial charge in [0.1, 0.15) is 5.41 Å². The Hall–Kier alpha value is -2.08. The number of aromatic nitrogens is 1. The Kier molecular flexibility index (Phi) is 2.51. The maximum atomic E-state index is 11.1. The van der Waals surface area contributed by atoms with Gasteiger partial charge in [0, 0.05) is 0 Å². The van der Waals surface area contributed by atoms with Gasteiger partial charge in [-0.1, -0.05) is 6.07 Å². The molecule has 1 heterocycles. The van der Waals surface area contributed by atoms with Gasteiger partial charge in [0.15, 0.2) is 5.58 Å². The van der Waals surface area contributed by atoms with E-state index in [2.05, 4.69) is 4.98 Å². The van der Waals surface area contributed by atoms with E-state index >= 15 is 0 Å². The van der Waals surface area contributed by atoms with Crippen LogP contribution >= 0.6 is 0 Å². The molecule has 1 atom stereocenters. The molecule has 2 aromatic rings. The number of carboxylic acids is 1. The van der Waals surface area contributed by atoms with Crippen molar-refractivity contribution in [3.8, 4) is 0 Å². The molecule has 1 unspecified atom stereocenters. The van der Waals surface area contributed by atoms with E-state index in [0.717, 1.165) is 0 Å². The molecule has 1 aromatic heterocycles. The Labute approximate surface area is 95.5 Å². The topological polar surface area (TPSA) is 104 Å². The minimum Gasteiger partial charge on any atom is -0.481 e. The van der Waals surface area contributed by atoms with Crippen LogP contribution in [-0.4, -0.2) is 27.8 Å². The average molecular weight is 237 g/mol. The smallest absolute Gasteiger partial charge is 0.417 e. The highest BCUT2D eigenvalue weighted by Gasteiger charge is 2.34. The van der Waals surface area contributed by atoms with Gasteiger partial charge in [-0.3, -0.25) is 9.78 Å². The van der Waals surface area contributed by atoms with Crippen molar-refractivity contribution in [1.82, 2.24) is 4.98 Å². The highest BCUT2D eigenvalue weighted by atomic mass is 16.4. The lowest BCUT2D eigenvalue weighted by molar-refractivity contribution is -0.144. The van der Waals surface area contributed by atoms with E-state index in [1.165, 1.54) is 19.1 Å². The van der Waals surface area contributed by atoms with Crippen LogP contribution in [-0.2, 0) is 10.2 Å². The first kappa shape index (κ1) is 11.4. The number of aliphatic hydroxyl groups is 1. The summed E-state index contributed by atoms with van der Waals surface area (Å²) in [7, 11) is 0. The maximum Gasteiger partial charge on any atom is 0.417 e. The lowest BCUT2D eigenvalue weighted by atomic mass is 9.83. The Morgan fingerprint density at radius 2 is 2.24 bits per heavy atom. The largest absolute Gasteiger partial charge is 0.481 e. The zero-order valence-corrected chi connectivity index (χ0v) is 9.06. The van der Waals surface area contributed by atoms with Crippen LogP contribution in [0.15, 0.2) is 27.4 Å². The first-order valence-corrected chi connectivity index (χ1v) is 4.95. The predicted molar refractivity (Wildman–Crippen MR) is 58.9 cm³/mol. The van der Waals surface area contributed by atoms with Crippen molar-refractivity contribution in [3.63, 3.8) is 0 Å². The van der Waals surface area contributed by atoms with Gasteiger partial charge in [-0.05, 0) is 24.6 Å². The highest BCUT2D eigenvalue weighted by molar-refractivity contribution is 5.83. The van der Waals surface area contributed by atoms with E-state index in [0.29, 0.717) is 11.1 Å². The molecule has 0 radical (unpaired) electrons. The zero-order valence-electron chi connectivity index (χ0n) is 9.06. The second kappa shape index (κ2) is 3.74. The Morgan fingerprint density at radius 3 is 2.82 bits per heavy atom. The van der Waals surface area contributed by atoms with Crippen molar-refractivity contribution in [2.24, 2.45) is 0 Å². The molecule has 6 heteroatoms. The van der Waals surface area contributed by atoms with E-state index in [1.807, 2.05) is 0 Å². The zero-order chi connectivity index (χ0) is 12.6. The number of H-pyrrole nitrogens is 1. The van der Waals surface area contributed by atoms with Gasteiger partial charge in [-0.2, -0.15) is 0 Å². The number of aromatic amines is 1. The lowest BCUT2D eigenvalue weighted by Gasteiger charge is -2.22. The molecule has 0 aliphatic rings. The lowest BCUT2D eigenvalue weighted by Crippen LogP contribution is -2.36. The third kappa shape index (κ3) is 1.72. The summed E-state index contributed by atoms with van der Waals surface area (Å²) in [5.41, 5.74) is -0.273. The molecule has 0 saturated carbocycles. The average Bonchev–Trinajstić information content (AvgIpc) is 2.66. The van der Waals surface area contributed by atoms with E-state index in [-0.39, 0.29) is 5.58 Å². The second-order valence-electron chi connectivity index (χ2n) is 4.02. The van der Waals surface area contributed by atoms with Crippen LogP contribution in [0.1, 0.15) is 12.5 Å². The van der Waals surface area contributed by atoms with Crippen LogP contribution in [0.2, 0.25) is 0 Å². The molecule has 0 saturated heterocycles. The molecule has 0 fully saturated rings. The van der Waals surface area contributed by atoms with Gasteiger partial charge < -0.3 is 14.6 Å². The summed E-state index contributed by atoms with van der Waals surface area (Å²) in [5, 5.41) is 18.3. The third-order valence-electron chi connectivity index (χ3n) is 2.85. The number of benzene rings is 1. The van der Waals surface area contributed by atoms with Crippen molar-refractivity contribution in [1.29, 1.82) is 0 Å². The molecular weight excluding hydrogens is 226 g/mol. The van der Waals surface area contributed by atoms with Crippen LogP contribution in [0.3, 0.4) is 0 Å². The number of oxazole rings is 1. The number of nitrogens with one attached hydrogen (secondary N) is 1. The summed E-state index contributed by atoms with van der Waals surface area (Å²) < 4.78 is 4.84. The molecule has 0 bridgehead atoms. The van der Waals surface area contributed by atoms with Gasteiger partial charge in [-0.25, -0.2) is 4.79 Å². The van der Waals surface area contributed by atoms with Gasteiger partial charge >= 0.3 is 11.7 Å². The normalized spacial score (nSPS) is 14.7. The highest BCUT2D eigenvalue weighted by Crippen LogP contribution is 2.26. The first-order valence-electron chi connectivity index (χ1n) is 4.95. The van der Waals surface area contributed by atoms with Crippen molar-refractivity contribution in [3.05, 3.63) is 34.3 Å². The summed E-state index contributed by atoms with van der Waals surface area (Å²) in [5.74, 6) is -1.74. The van der Waals surface area contributed by atoms with E-state index in [1.54, 1.807) is 6.07 Å². The van der Waals surface area contributed by atoms with Crippen LogP contribution in [0, 0.1) is 0 Å². The quantitative estimate of drug-likeness (QED) is 0.719. The fraction of sp³-hybridized carbons (Fsp3) is 0.273. The van der Waals surface area contributed by atoms with Crippen molar-refractivity contribution < 1.29 is 19.4 Å². The summed E-state index contributed by atoms with van der Waals surface area (Å²) >= 11 is 0. The van der Waals surface area contributed by atoms with E-state index < -0.39 is 23.7 Å².